The van der Waals surface area contributed by atoms with Crippen molar-refractivity contribution in [3.63, 3.8) is 0 Å². The zero-order valence-corrected chi connectivity index (χ0v) is 13.8. The average molecular weight is 352 g/mol. The Morgan fingerprint density at radius 1 is 0.920 bits per heavy atom. The van der Waals surface area contributed by atoms with Gasteiger partial charge < -0.3 is 5.73 Å². The highest BCUT2D eigenvalue weighted by Gasteiger charge is 1.97. The van der Waals surface area contributed by atoms with Gasteiger partial charge in [-0.2, -0.15) is 20.7 Å². The molecule has 0 aliphatic heterocycles. The topological polar surface area (TPSA) is 123 Å². The Morgan fingerprint density at radius 2 is 1.44 bits per heavy atom. The zero-order valence-electron chi connectivity index (χ0n) is 13.0. The van der Waals surface area contributed by atoms with E-state index >= 15 is 0 Å². The number of rotatable bonds is 4. The molecule has 2 aromatic carbocycles. The van der Waals surface area contributed by atoms with Crippen molar-refractivity contribution >= 4 is 30.8 Å². The van der Waals surface area contributed by atoms with Gasteiger partial charge in [-0.3, -0.25) is 0 Å². The number of hydrogen-bond acceptors (Lipinski definition) is 5. The van der Waals surface area contributed by atoms with Gasteiger partial charge in [0.05, 0.1) is 35.7 Å². The third-order valence-corrected chi connectivity index (χ3v) is 2.91. The van der Waals surface area contributed by atoms with E-state index in [-0.39, 0.29) is 18.4 Å². The summed E-state index contributed by atoms with van der Waals surface area (Å²) < 4.78 is 0. The van der Waals surface area contributed by atoms with Crippen LogP contribution in [-0.4, -0.2) is 18.4 Å². The van der Waals surface area contributed by atoms with Crippen LogP contribution in [0, 0.1) is 22.7 Å². The van der Waals surface area contributed by atoms with Crippen molar-refractivity contribution in [3.8, 4) is 12.1 Å². The number of benzene rings is 2. The van der Waals surface area contributed by atoms with Crippen LogP contribution >= 0.6 is 12.4 Å². The third-order valence-electron chi connectivity index (χ3n) is 2.91. The van der Waals surface area contributed by atoms with Crippen molar-refractivity contribution in [2.45, 2.75) is 0 Å². The molecule has 124 valence electrons. The van der Waals surface area contributed by atoms with Crippen LogP contribution in [0.2, 0.25) is 0 Å². The van der Waals surface area contributed by atoms with E-state index in [9.17, 15) is 0 Å². The second-order valence-corrected chi connectivity index (χ2v) is 4.50. The average Bonchev–Trinajstić information content (AvgIpc) is 2.62. The molecule has 0 amide bonds. The summed E-state index contributed by atoms with van der Waals surface area (Å²) in [5.74, 6) is -0.0219. The number of halogens is 1. The quantitative estimate of drug-likeness (QED) is 0.497. The van der Waals surface area contributed by atoms with Crippen LogP contribution in [0.4, 0.5) is 0 Å². The molecule has 7 nitrogen and oxygen atoms in total. The van der Waals surface area contributed by atoms with Crippen LogP contribution in [0.5, 0.6) is 0 Å². The Labute approximate surface area is 151 Å². The SMILES string of the molecule is Cl.N#Cc1ccccc1/C=N/N=C(\N)N/N=C/c1ccccc1C#N. The maximum atomic E-state index is 8.97. The highest BCUT2D eigenvalue weighted by Crippen LogP contribution is 2.04. The highest BCUT2D eigenvalue weighted by atomic mass is 35.5. The summed E-state index contributed by atoms with van der Waals surface area (Å²) in [7, 11) is 0. The van der Waals surface area contributed by atoms with Gasteiger partial charge in [0.25, 0.3) is 0 Å². The van der Waals surface area contributed by atoms with E-state index in [0.29, 0.717) is 22.3 Å². The van der Waals surface area contributed by atoms with Gasteiger partial charge in [0.1, 0.15) is 0 Å². The first-order valence-corrected chi connectivity index (χ1v) is 6.88. The molecule has 25 heavy (non-hydrogen) atoms. The fourth-order valence-corrected chi connectivity index (χ4v) is 1.77. The van der Waals surface area contributed by atoms with Crippen LogP contribution < -0.4 is 11.2 Å². The molecule has 0 bridgehead atoms. The van der Waals surface area contributed by atoms with Crippen molar-refractivity contribution in [2.75, 3.05) is 0 Å². The standard InChI is InChI=1S/C17H13N7.ClH/c18-9-13-5-1-3-7-15(13)11-21-23-17(20)24-22-12-16-8-4-2-6-14(16)10-19;/h1-8,11-12H,(H3,20,23,24);1H/b21-11+,22-12+;. The minimum Gasteiger partial charge on any atom is -0.367 e. The summed E-state index contributed by atoms with van der Waals surface area (Å²) in [5.41, 5.74) is 10.4. The Morgan fingerprint density at radius 3 is 2.00 bits per heavy atom. The molecule has 0 aromatic heterocycles. The number of nitrogens with zero attached hydrogens (tertiary/aromatic N) is 5. The first kappa shape index (κ1) is 19.4. The van der Waals surface area contributed by atoms with E-state index in [1.807, 2.05) is 0 Å². The van der Waals surface area contributed by atoms with E-state index in [4.69, 9.17) is 16.3 Å². The summed E-state index contributed by atoms with van der Waals surface area (Å²) in [5, 5.41) is 29.4. The van der Waals surface area contributed by atoms with E-state index in [0.717, 1.165) is 0 Å². The molecule has 0 heterocycles. The number of hydrazone groups is 1. The summed E-state index contributed by atoms with van der Waals surface area (Å²) in [6.07, 6.45) is 2.90. The second-order valence-electron chi connectivity index (χ2n) is 4.50. The fraction of sp³-hybridized carbons (Fsp3) is 0. The van der Waals surface area contributed by atoms with Crippen LogP contribution in [0.15, 0.2) is 63.8 Å². The van der Waals surface area contributed by atoms with Crippen LogP contribution in [-0.2, 0) is 0 Å². The normalized spacial score (nSPS) is 10.9. The third kappa shape index (κ3) is 5.79. The summed E-state index contributed by atoms with van der Waals surface area (Å²) in [6, 6.07) is 18.1. The lowest BCUT2D eigenvalue weighted by Gasteiger charge is -1.98. The summed E-state index contributed by atoms with van der Waals surface area (Å²) in [6.45, 7) is 0. The number of nitriles is 2. The minimum atomic E-state index is -0.0219. The van der Waals surface area contributed by atoms with Gasteiger partial charge in [-0.1, -0.05) is 36.4 Å². The monoisotopic (exact) mass is 351 g/mol. The largest absolute Gasteiger partial charge is 0.367 e. The molecular weight excluding hydrogens is 338 g/mol. The maximum Gasteiger partial charge on any atom is 0.234 e. The number of nitrogens with one attached hydrogen (secondary N) is 1. The molecule has 2 aromatic rings. The predicted octanol–water partition coefficient (Wildman–Crippen LogP) is 2.12. The first-order valence-electron chi connectivity index (χ1n) is 6.88. The second kappa shape index (κ2) is 10.2. The summed E-state index contributed by atoms with van der Waals surface area (Å²) >= 11 is 0. The lowest BCUT2D eigenvalue weighted by atomic mass is 10.1. The molecule has 8 heteroatoms. The smallest absolute Gasteiger partial charge is 0.234 e. The number of nitrogens with two attached hydrogens (primary N) is 1. The van der Waals surface area contributed by atoms with Crippen LogP contribution in [0.1, 0.15) is 22.3 Å². The van der Waals surface area contributed by atoms with Crippen molar-refractivity contribution in [1.29, 1.82) is 10.5 Å². The molecule has 2 rings (SSSR count). The van der Waals surface area contributed by atoms with Crippen molar-refractivity contribution < 1.29 is 0 Å². The van der Waals surface area contributed by atoms with Crippen molar-refractivity contribution in [1.82, 2.24) is 5.43 Å². The molecule has 0 unspecified atom stereocenters. The van der Waals surface area contributed by atoms with Gasteiger partial charge in [0.2, 0.25) is 5.96 Å². The predicted molar refractivity (Wildman–Crippen MR) is 99.5 cm³/mol. The minimum absolute atomic E-state index is 0. The Balaban J connectivity index is 0.00000312. The molecule has 0 saturated heterocycles. The molecule has 0 spiro atoms. The fourth-order valence-electron chi connectivity index (χ4n) is 1.77. The highest BCUT2D eigenvalue weighted by molar-refractivity contribution is 5.86. The van der Waals surface area contributed by atoms with Gasteiger partial charge >= 0.3 is 0 Å². The molecule has 0 saturated carbocycles. The molecular formula is C17H14ClN7. The maximum absolute atomic E-state index is 8.97. The van der Waals surface area contributed by atoms with Gasteiger partial charge in [0, 0.05) is 11.1 Å². The van der Waals surface area contributed by atoms with E-state index < -0.39 is 0 Å². The van der Waals surface area contributed by atoms with Crippen LogP contribution in [0.3, 0.4) is 0 Å². The molecule has 0 atom stereocenters. The Hall–Kier alpha value is -3.68. The zero-order chi connectivity index (χ0) is 17.2. The van der Waals surface area contributed by atoms with E-state index in [1.165, 1.54) is 12.4 Å². The molecule has 0 fully saturated rings. The Kier molecular flexibility index (Phi) is 7.87. The van der Waals surface area contributed by atoms with Gasteiger partial charge in [-0.05, 0) is 12.1 Å². The molecule has 0 aliphatic carbocycles. The van der Waals surface area contributed by atoms with Gasteiger partial charge in [0.15, 0.2) is 0 Å². The van der Waals surface area contributed by atoms with E-state index in [1.54, 1.807) is 48.5 Å². The first-order chi connectivity index (χ1) is 11.7. The lowest BCUT2D eigenvalue weighted by molar-refractivity contribution is 0.994. The molecule has 0 aliphatic rings. The van der Waals surface area contributed by atoms with Crippen molar-refractivity contribution in [2.24, 2.45) is 21.0 Å². The number of hydrogen-bond donors (Lipinski definition) is 2. The van der Waals surface area contributed by atoms with Gasteiger partial charge in [-0.25, -0.2) is 5.43 Å². The Bertz CT molecular complexity index is 888. The van der Waals surface area contributed by atoms with Crippen LogP contribution in [0.25, 0.3) is 0 Å². The number of guanidine groups is 1. The molecule has 0 radical (unpaired) electrons. The summed E-state index contributed by atoms with van der Waals surface area (Å²) in [4.78, 5) is 0. The molecule has 3 N–H and O–H groups in total. The van der Waals surface area contributed by atoms with Crippen molar-refractivity contribution in [3.05, 3.63) is 70.8 Å². The van der Waals surface area contributed by atoms with E-state index in [2.05, 4.69) is 32.9 Å². The lowest BCUT2D eigenvalue weighted by Crippen LogP contribution is -2.26. The van der Waals surface area contributed by atoms with Gasteiger partial charge in [-0.15, -0.1) is 17.5 Å².